The van der Waals surface area contributed by atoms with Crippen molar-refractivity contribution < 1.29 is 8.42 Å². The van der Waals surface area contributed by atoms with E-state index in [1.165, 1.54) is 6.92 Å². The Bertz CT molecular complexity index is 562. The van der Waals surface area contributed by atoms with Crippen molar-refractivity contribution in [1.29, 1.82) is 0 Å². The van der Waals surface area contributed by atoms with Gasteiger partial charge >= 0.3 is 4.87 Å². The highest BCUT2D eigenvalue weighted by molar-refractivity contribution is 7.91. The van der Waals surface area contributed by atoms with Crippen molar-refractivity contribution in [3.63, 3.8) is 0 Å². The summed E-state index contributed by atoms with van der Waals surface area (Å²) in [4.78, 5) is 13.0. The maximum Gasteiger partial charge on any atom is 0.305 e. The van der Waals surface area contributed by atoms with E-state index < -0.39 is 10.0 Å². The molecule has 1 aromatic rings. The molecule has 0 saturated carbocycles. The van der Waals surface area contributed by atoms with Crippen LogP contribution >= 0.6 is 11.3 Å². The van der Waals surface area contributed by atoms with E-state index >= 15 is 0 Å². The van der Waals surface area contributed by atoms with Crippen LogP contribution in [0.1, 0.15) is 19.0 Å². The summed E-state index contributed by atoms with van der Waals surface area (Å²) < 4.78 is 26.1. The first-order chi connectivity index (χ1) is 7.36. The molecular weight excluding hydrogens is 248 g/mol. The van der Waals surface area contributed by atoms with Crippen molar-refractivity contribution in [3.8, 4) is 12.3 Å². The van der Waals surface area contributed by atoms with Gasteiger partial charge in [-0.05, 0) is 13.8 Å². The number of aromatic amines is 1. The molecule has 0 amide bonds. The number of aryl methyl sites for hydroxylation is 1. The molecule has 16 heavy (non-hydrogen) atoms. The van der Waals surface area contributed by atoms with Gasteiger partial charge in [0.1, 0.15) is 0 Å². The van der Waals surface area contributed by atoms with Gasteiger partial charge in [-0.1, -0.05) is 11.3 Å². The molecule has 2 N–H and O–H groups in total. The minimum atomic E-state index is -3.65. The predicted octanol–water partition coefficient (Wildman–Crippen LogP) is 0.435. The molecule has 1 atom stereocenters. The van der Waals surface area contributed by atoms with Crippen molar-refractivity contribution >= 4 is 21.4 Å². The number of terminal acetylenes is 1. The van der Waals surface area contributed by atoms with Crippen LogP contribution in [0.4, 0.5) is 0 Å². The fraction of sp³-hybridized carbons (Fsp3) is 0.444. The lowest BCUT2D eigenvalue weighted by Crippen LogP contribution is -2.32. The zero-order valence-electron chi connectivity index (χ0n) is 8.90. The minimum absolute atomic E-state index is 0.0152. The average Bonchev–Trinajstić information content (AvgIpc) is 2.45. The number of hydrogen-bond acceptors (Lipinski definition) is 4. The number of aromatic nitrogens is 1. The van der Waals surface area contributed by atoms with Gasteiger partial charge in [-0.25, -0.2) is 13.1 Å². The van der Waals surface area contributed by atoms with Crippen molar-refractivity contribution in [2.24, 2.45) is 0 Å². The van der Waals surface area contributed by atoms with Crippen LogP contribution in [-0.4, -0.2) is 19.4 Å². The fourth-order valence-electron chi connectivity index (χ4n) is 1.18. The van der Waals surface area contributed by atoms with Gasteiger partial charge in [0, 0.05) is 18.2 Å². The summed E-state index contributed by atoms with van der Waals surface area (Å²) in [6, 6.07) is -0.355. The second kappa shape index (κ2) is 4.82. The molecular formula is C9H12N2O3S2. The van der Waals surface area contributed by atoms with Gasteiger partial charge < -0.3 is 4.98 Å². The van der Waals surface area contributed by atoms with Crippen LogP contribution in [0.25, 0.3) is 0 Å². The Morgan fingerprint density at radius 1 is 1.62 bits per heavy atom. The van der Waals surface area contributed by atoms with Crippen LogP contribution in [0.2, 0.25) is 0 Å². The van der Waals surface area contributed by atoms with Crippen LogP contribution in [0.5, 0.6) is 0 Å². The van der Waals surface area contributed by atoms with E-state index in [1.54, 1.807) is 6.92 Å². The van der Waals surface area contributed by atoms with Crippen LogP contribution in [0, 0.1) is 19.3 Å². The summed E-state index contributed by atoms with van der Waals surface area (Å²) in [7, 11) is -3.65. The van der Waals surface area contributed by atoms with Gasteiger partial charge in [0.25, 0.3) is 10.0 Å². The van der Waals surface area contributed by atoms with Crippen LogP contribution in [0.15, 0.2) is 9.00 Å². The lowest BCUT2D eigenvalue weighted by Gasteiger charge is -2.10. The first-order valence-electron chi connectivity index (χ1n) is 4.52. The van der Waals surface area contributed by atoms with Gasteiger partial charge in [-0.2, -0.15) is 0 Å². The maximum absolute atomic E-state index is 11.8. The van der Waals surface area contributed by atoms with Gasteiger partial charge in [-0.3, -0.25) is 4.79 Å². The molecule has 0 spiro atoms. The smallest absolute Gasteiger partial charge is 0.305 e. The summed E-state index contributed by atoms with van der Waals surface area (Å²) >= 11 is 0.668. The molecule has 7 heteroatoms. The first-order valence-corrected chi connectivity index (χ1v) is 6.82. The van der Waals surface area contributed by atoms with E-state index in [9.17, 15) is 13.2 Å². The number of sulfonamides is 1. The molecule has 0 aliphatic carbocycles. The standard InChI is InChI=1S/C9H12N2O3S2/c1-4-5-6(2)11-16(13,14)8-7(3)10-9(12)15-8/h1,6,11H,5H2,2-3H3,(H,10,12). The van der Waals surface area contributed by atoms with Crippen molar-refractivity contribution in [2.75, 3.05) is 0 Å². The van der Waals surface area contributed by atoms with E-state index in [4.69, 9.17) is 6.42 Å². The largest absolute Gasteiger partial charge is 0.315 e. The van der Waals surface area contributed by atoms with Gasteiger partial charge in [0.05, 0.1) is 0 Å². The van der Waals surface area contributed by atoms with E-state index in [0.717, 1.165) is 0 Å². The number of nitrogens with one attached hydrogen (secondary N) is 2. The highest BCUT2D eigenvalue weighted by atomic mass is 32.2. The van der Waals surface area contributed by atoms with E-state index in [1.807, 2.05) is 0 Å². The maximum atomic E-state index is 11.8. The Kier molecular flexibility index (Phi) is 3.91. The molecule has 0 saturated heterocycles. The molecule has 0 fully saturated rings. The number of H-pyrrole nitrogens is 1. The van der Waals surface area contributed by atoms with Crippen LogP contribution in [-0.2, 0) is 10.0 Å². The molecule has 1 aromatic heterocycles. The summed E-state index contributed by atoms with van der Waals surface area (Å²) in [6.45, 7) is 3.21. The molecule has 1 rings (SSSR count). The van der Waals surface area contributed by atoms with Gasteiger partial charge in [-0.15, -0.1) is 12.3 Å². The minimum Gasteiger partial charge on any atom is -0.315 e. The molecule has 88 valence electrons. The molecule has 0 bridgehead atoms. The monoisotopic (exact) mass is 260 g/mol. The Labute approximate surface area is 98.0 Å². The third-order valence-corrected chi connectivity index (χ3v) is 5.00. The van der Waals surface area contributed by atoms with Crippen molar-refractivity contribution in [1.82, 2.24) is 9.71 Å². The normalized spacial score (nSPS) is 13.3. The number of rotatable bonds is 4. The topological polar surface area (TPSA) is 79.0 Å². The van der Waals surface area contributed by atoms with Gasteiger partial charge in [0.15, 0.2) is 4.21 Å². The zero-order valence-corrected chi connectivity index (χ0v) is 10.5. The SMILES string of the molecule is C#CCC(C)NS(=O)(=O)c1sc(=O)[nH]c1C. The highest BCUT2D eigenvalue weighted by Crippen LogP contribution is 2.16. The Balaban J connectivity index is 3.00. The molecule has 5 nitrogen and oxygen atoms in total. The summed E-state index contributed by atoms with van der Waals surface area (Å²) in [5.41, 5.74) is 0.343. The summed E-state index contributed by atoms with van der Waals surface area (Å²) in [5, 5.41) is 0. The Morgan fingerprint density at radius 3 is 2.69 bits per heavy atom. The summed E-state index contributed by atoms with van der Waals surface area (Å²) in [6.07, 6.45) is 5.39. The Morgan fingerprint density at radius 2 is 2.25 bits per heavy atom. The third kappa shape index (κ3) is 2.95. The average molecular weight is 260 g/mol. The van der Waals surface area contributed by atoms with Crippen molar-refractivity contribution in [3.05, 3.63) is 15.4 Å². The van der Waals surface area contributed by atoms with Crippen molar-refractivity contribution in [2.45, 2.75) is 30.5 Å². The second-order valence-corrected chi connectivity index (χ2v) is 6.25. The molecule has 1 unspecified atom stereocenters. The molecule has 1 heterocycles. The molecule has 0 aliphatic heterocycles. The Hall–Kier alpha value is -1.10. The number of hydrogen-bond donors (Lipinski definition) is 2. The van der Waals surface area contributed by atoms with E-state index in [0.29, 0.717) is 23.5 Å². The fourth-order valence-corrected chi connectivity index (χ4v) is 3.74. The first kappa shape index (κ1) is 13.0. The van der Waals surface area contributed by atoms with Crippen LogP contribution < -0.4 is 9.60 Å². The molecule has 0 aromatic carbocycles. The predicted molar refractivity (Wildman–Crippen MR) is 62.9 cm³/mol. The highest BCUT2D eigenvalue weighted by Gasteiger charge is 2.22. The lowest BCUT2D eigenvalue weighted by atomic mass is 10.3. The van der Waals surface area contributed by atoms with Gasteiger partial charge in [0.2, 0.25) is 0 Å². The van der Waals surface area contributed by atoms with E-state index in [-0.39, 0.29) is 15.1 Å². The third-order valence-electron chi connectivity index (χ3n) is 1.81. The zero-order chi connectivity index (χ0) is 12.3. The molecule has 0 radical (unpaired) electrons. The quantitative estimate of drug-likeness (QED) is 0.771. The van der Waals surface area contributed by atoms with Crippen LogP contribution in [0.3, 0.4) is 0 Å². The summed E-state index contributed by atoms with van der Waals surface area (Å²) in [5.74, 6) is 2.37. The molecule has 0 aliphatic rings. The second-order valence-electron chi connectivity index (χ2n) is 3.36. The van der Waals surface area contributed by atoms with E-state index in [2.05, 4.69) is 15.6 Å². The number of thiazole rings is 1. The lowest BCUT2D eigenvalue weighted by molar-refractivity contribution is 0.565.